The molecule has 46 heavy (non-hydrogen) atoms. The minimum Gasteiger partial charge on any atom is -0.405 e. The van der Waals surface area contributed by atoms with Gasteiger partial charge in [0.15, 0.2) is 0 Å². The van der Waals surface area contributed by atoms with Crippen molar-refractivity contribution in [3.8, 4) is 11.1 Å². The van der Waals surface area contributed by atoms with Gasteiger partial charge < -0.3 is 20.9 Å². The van der Waals surface area contributed by atoms with E-state index in [0.717, 1.165) is 41.5 Å². The molecule has 260 valence electrons. The Hall–Kier alpha value is -3.16. The third-order valence-corrected chi connectivity index (χ3v) is 7.74. The van der Waals surface area contributed by atoms with Gasteiger partial charge in [-0.15, -0.1) is 0 Å². The Bertz CT molecular complexity index is 1180. The van der Waals surface area contributed by atoms with Gasteiger partial charge in [0.25, 0.3) is 0 Å². The maximum Gasteiger partial charge on any atom is 0.136 e. The number of hydrogen-bond acceptors (Lipinski definition) is 5. The Morgan fingerprint density at radius 3 is 2.20 bits per heavy atom. The molecule has 0 spiro atoms. The van der Waals surface area contributed by atoms with E-state index in [-0.39, 0.29) is 5.82 Å². The number of aryl methyl sites for hydroxylation is 2. The van der Waals surface area contributed by atoms with Gasteiger partial charge in [0.1, 0.15) is 11.6 Å². The number of halogens is 1. The zero-order valence-corrected chi connectivity index (χ0v) is 31.2. The molecule has 3 rings (SSSR count). The second-order valence-electron chi connectivity index (χ2n) is 11.5. The van der Waals surface area contributed by atoms with Gasteiger partial charge in [-0.3, -0.25) is 4.68 Å². The van der Waals surface area contributed by atoms with Gasteiger partial charge in [0, 0.05) is 29.9 Å². The standard InChI is InChI=1S/C21H26FN3.C12H26N2.C4H9N.C2H6/c1-6-15(3)9-8-10-17(7-2)24-21-19(14-23-25(21)5)18-13-16(4)11-12-20(18)22;1-4-8-14(9-5-2)12-6-10-13(3)11-7-12;1-2-3-4-5;1-2/h7-14,24H,6H2,1-5H3;12H,4-11H2,1-3H3;3-4H,2,5H2,1H3;1-2H3/b10-8-,15-9+,17-7+;;4-3+;. The summed E-state index contributed by atoms with van der Waals surface area (Å²) in [7, 11) is 4.08. The fourth-order valence-electron chi connectivity index (χ4n) is 4.96. The van der Waals surface area contributed by atoms with Crippen LogP contribution in [0.25, 0.3) is 11.1 Å². The molecule has 1 aliphatic heterocycles. The van der Waals surface area contributed by atoms with E-state index in [1.807, 2.05) is 72.0 Å². The van der Waals surface area contributed by atoms with Crippen molar-refractivity contribution in [2.45, 2.75) is 107 Å². The van der Waals surface area contributed by atoms with Crippen LogP contribution in [0.2, 0.25) is 0 Å². The first-order valence-electron chi connectivity index (χ1n) is 17.5. The zero-order chi connectivity index (χ0) is 34.9. The fourth-order valence-corrected chi connectivity index (χ4v) is 4.96. The molecule has 6 nitrogen and oxygen atoms in total. The van der Waals surface area contributed by atoms with Gasteiger partial charge in [-0.05, 0) is 117 Å². The summed E-state index contributed by atoms with van der Waals surface area (Å²) in [5.74, 6) is 0.513. The van der Waals surface area contributed by atoms with Crippen LogP contribution < -0.4 is 11.1 Å². The van der Waals surface area contributed by atoms with Crippen LogP contribution in [0.4, 0.5) is 10.2 Å². The third kappa shape index (κ3) is 16.4. The van der Waals surface area contributed by atoms with Crippen molar-refractivity contribution in [2.75, 3.05) is 38.5 Å². The minimum atomic E-state index is -0.249. The van der Waals surface area contributed by atoms with E-state index < -0.39 is 0 Å². The molecule has 2 aromatic rings. The van der Waals surface area contributed by atoms with Crippen molar-refractivity contribution in [3.63, 3.8) is 0 Å². The van der Waals surface area contributed by atoms with Crippen molar-refractivity contribution in [3.05, 3.63) is 83.6 Å². The van der Waals surface area contributed by atoms with Gasteiger partial charge in [0.2, 0.25) is 0 Å². The summed E-state index contributed by atoms with van der Waals surface area (Å²) in [6.07, 6.45) is 20.7. The Kier molecular flexibility index (Phi) is 24.2. The highest BCUT2D eigenvalue weighted by Crippen LogP contribution is 2.31. The first-order valence-corrected chi connectivity index (χ1v) is 17.5. The summed E-state index contributed by atoms with van der Waals surface area (Å²) in [4.78, 5) is 5.15. The molecule has 1 fully saturated rings. The molecule has 0 unspecified atom stereocenters. The monoisotopic (exact) mass is 639 g/mol. The van der Waals surface area contributed by atoms with Crippen molar-refractivity contribution >= 4 is 5.82 Å². The first kappa shape index (κ1) is 42.8. The fraction of sp³-hybridized carbons (Fsp3) is 0.564. The van der Waals surface area contributed by atoms with Gasteiger partial charge in [-0.25, -0.2) is 4.39 Å². The lowest BCUT2D eigenvalue weighted by atomic mass is 10.0. The number of nitrogens with one attached hydrogen (secondary N) is 1. The highest BCUT2D eigenvalue weighted by molar-refractivity contribution is 5.77. The van der Waals surface area contributed by atoms with Gasteiger partial charge in [0.05, 0.1) is 6.20 Å². The van der Waals surface area contributed by atoms with E-state index in [1.54, 1.807) is 23.1 Å². The van der Waals surface area contributed by atoms with Gasteiger partial charge in [-0.1, -0.05) is 83.0 Å². The van der Waals surface area contributed by atoms with Crippen LogP contribution in [0.1, 0.15) is 99.5 Å². The molecule has 0 amide bonds. The number of nitrogens with zero attached hydrogens (tertiary/aromatic N) is 4. The van der Waals surface area contributed by atoms with Crippen LogP contribution in [0.3, 0.4) is 0 Å². The van der Waals surface area contributed by atoms with E-state index in [1.165, 1.54) is 63.5 Å². The second kappa shape index (κ2) is 26.0. The lowest BCUT2D eigenvalue weighted by Gasteiger charge is -2.37. The lowest BCUT2D eigenvalue weighted by Crippen LogP contribution is -2.44. The molecular formula is C39H67FN6. The number of piperidine rings is 1. The van der Waals surface area contributed by atoms with Crippen LogP contribution in [0.5, 0.6) is 0 Å². The Morgan fingerprint density at radius 2 is 1.70 bits per heavy atom. The van der Waals surface area contributed by atoms with Crippen LogP contribution in [-0.2, 0) is 7.05 Å². The molecule has 0 radical (unpaired) electrons. The number of allylic oxidation sites excluding steroid dienone is 6. The first-order chi connectivity index (χ1) is 22.1. The van der Waals surface area contributed by atoms with Crippen molar-refractivity contribution in [1.82, 2.24) is 19.6 Å². The Morgan fingerprint density at radius 1 is 1.07 bits per heavy atom. The Balaban J connectivity index is 0.000000808. The third-order valence-electron chi connectivity index (χ3n) is 7.74. The number of likely N-dealkylation sites (tertiary alicyclic amines) is 1. The average molecular weight is 639 g/mol. The number of anilines is 1. The SMILES string of the molecule is CC.CC/C=C/N.CCCN(CCC)C1CCN(C)CC1.C\C=C(/C=C\C=C(/C)CC)Nc1c(-c2cc(C)ccc2F)cnn1C. The second-order valence-corrected chi connectivity index (χ2v) is 11.5. The normalized spacial score (nSPS) is 14.5. The molecule has 0 atom stereocenters. The van der Waals surface area contributed by atoms with E-state index in [0.29, 0.717) is 5.56 Å². The van der Waals surface area contributed by atoms with Gasteiger partial charge >= 0.3 is 0 Å². The quantitative estimate of drug-likeness (QED) is 0.227. The topological polar surface area (TPSA) is 62.4 Å². The zero-order valence-electron chi connectivity index (χ0n) is 31.2. The molecule has 1 aliphatic rings. The number of rotatable bonds is 12. The number of benzene rings is 1. The summed E-state index contributed by atoms with van der Waals surface area (Å²) >= 11 is 0. The minimum absolute atomic E-state index is 0.249. The molecule has 1 saturated heterocycles. The van der Waals surface area contributed by atoms with E-state index in [9.17, 15) is 4.39 Å². The summed E-state index contributed by atoms with van der Waals surface area (Å²) < 4.78 is 16.0. The summed E-state index contributed by atoms with van der Waals surface area (Å²) in [6, 6.07) is 5.97. The maximum atomic E-state index is 14.3. The smallest absolute Gasteiger partial charge is 0.136 e. The molecule has 0 aliphatic carbocycles. The maximum absolute atomic E-state index is 14.3. The van der Waals surface area contributed by atoms with Crippen molar-refractivity contribution in [1.29, 1.82) is 0 Å². The van der Waals surface area contributed by atoms with Crippen LogP contribution >= 0.6 is 0 Å². The molecule has 2 heterocycles. The molecule has 3 N–H and O–H groups in total. The van der Waals surface area contributed by atoms with E-state index in [2.05, 4.69) is 61.0 Å². The number of nitrogens with two attached hydrogens (primary N) is 1. The molecule has 1 aromatic heterocycles. The average Bonchev–Trinajstić information content (AvgIpc) is 3.42. The van der Waals surface area contributed by atoms with Crippen molar-refractivity contribution in [2.24, 2.45) is 12.8 Å². The Labute approximate surface area is 282 Å². The van der Waals surface area contributed by atoms with E-state index >= 15 is 0 Å². The molecule has 7 heteroatoms. The predicted molar refractivity (Wildman–Crippen MR) is 202 cm³/mol. The number of aromatic nitrogens is 2. The van der Waals surface area contributed by atoms with Crippen LogP contribution in [0.15, 0.2) is 72.2 Å². The highest BCUT2D eigenvalue weighted by atomic mass is 19.1. The summed E-state index contributed by atoms with van der Waals surface area (Å²) in [6.45, 7) is 23.9. The van der Waals surface area contributed by atoms with Crippen LogP contribution in [-0.4, -0.2) is 58.8 Å². The van der Waals surface area contributed by atoms with Crippen LogP contribution in [0, 0.1) is 12.7 Å². The predicted octanol–water partition coefficient (Wildman–Crippen LogP) is 9.86. The van der Waals surface area contributed by atoms with Gasteiger partial charge in [-0.2, -0.15) is 5.10 Å². The number of hydrogen-bond donors (Lipinski definition) is 2. The highest BCUT2D eigenvalue weighted by Gasteiger charge is 2.21. The molecular weight excluding hydrogens is 571 g/mol. The summed E-state index contributed by atoms with van der Waals surface area (Å²) in [5, 5.41) is 7.66. The largest absolute Gasteiger partial charge is 0.405 e. The molecule has 0 bridgehead atoms. The lowest BCUT2D eigenvalue weighted by molar-refractivity contribution is 0.121. The van der Waals surface area contributed by atoms with E-state index in [4.69, 9.17) is 5.73 Å². The van der Waals surface area contributed by atoms with Crippen molar-refractivity contribution < 1.29 is 4.39 Å². The summed E-state index contributed by atoms with van der Waals surface area (Å²) in [5.41, 5.74) is 9.51. The molecule has 0 saturated carbocycles. The molecule has 1 aromatic carbocycles.